The molecule has 1 amide bonds. The van der Waals surface area contributed by atoms with Crippen molar-refractivity contribution in [3.8, 4) is 5.75 Å². The average Bonchev–Trinajstić information content (AvgIpc) is 2.93. The van der Waals surface area contributed by atoms with E-state index in [9.17, 15) is 9.59 Å². The van der Waals surface area contributed by atoms with Crippen molar-refractivity contribution >= 4 is 23.0 Å². The van der Waals surface area contributed by atoms with Gasteiger partial charge in [0.15, 0.2) is 0 Å². The second-order valence-electron chi connectivity index (χ2n) is 6.16. The number of unbranched alkanes of at least 4 members (excludes halogenated alkanes) is 1. The number of esters is 1. The van der Waals surface area contributed by atoms with Gasteiger partial charge in [-0.15, -0.1) is 0 Å². The Hall–Kier alpha value is -2.50. The third-order valence-corrected chi connectivity index (χ3v) is 4.23. The lowest BCUT2D eigenvalue weighted by Gasteiger charge is -2.16. The van der Waals surface area contributed by atoms with Gasteiger partial charge in [-0.2, -0.15) is 0 Å². The number of rotatable bonds is 7. The summed E-state index contributed by atoms with van der Waals surface area (Å²) in [5.74, 6) is 0.291. The van der Waals surface area contributed by atoms with Gasteiger partial charge in [-0.05, 0) is 30.5 Å². The first-order chi connectivity index (χ1) is 12.0. The monoisotopic (exact) mass is 346 g/mol. The number of hydrogen-bond acceptors (Lipinski definition) is 4. The van der Waals surface area contributed by atoms with E-state index >= 15 is 0 Å². The number of amides is 1. The van der Waals surface area contributed by atoms with Gasteiger partial charge in [0.25, 0.3) is 0 Å². The van der Waals surface area contributed by atoms with Crippen LogP contribution in [0.5, 0.6) is 5.75 Å². The van der Waals surface area contributed by atoms with Crippen LogP contribution in [0.1, 0.15) is 31.7 Å². The molecule has 136 valence electrons. The molecule has 0 bridgehead atoms. The Morgan fingerprint density at radius 1 is 1.28 bits per heavy atom. The van der Waals surface area contributed by atoms with E-state index in [0.29, 0.717) is 25.1 Å². The molecule has 25 heavy (non-hydrogen) atoms. The van der Waals surface area contributed by atoms with Crippen molar-refractivity contribution in [3.63, 3.8) is 0 Å². The molecule has 0 radical (unpaired) electrons. The summed E-state index contributed by atoms with van der Waals surface area (Å²) in [4.78, 5) is 25.0. The fourth-order valence-corrected chi connectivity index (χ4v) is 2.71. The van der Waals surface area contributed by atoms with Gasteiger partial charge in [-0.25, -0.2) is 4.79 Å². The zero-order valence-electron chi connectivity index (χ0n) is 15.4. The number of aryl methyl sites for hydroxylation is 2. The van der Waals surface area contributed by atoms with Crippen molar-refractivity contribution in [3.05, 3.63) is 30.0 Å². The third kappa shape index (κ3) is 4.75. The van der Waals surface area contributed by atoms with Crippen LogP contribution in [0.25, 0.3) is 10.9 Å². The Bertz CT molecular complexity index is 751. The van der Waals surface area contributed by atoms with E-state index in [1.165, 1.54) is 7.11 Å². The van der Waals surface area contributed by atoms with Crippen LogP contribution in [0.3, 0.4) is 0 Å². The van der Waals surface area contributed by atoms with Gasteiger partial charge in [0.1, 0.15) is 5.75 Å². The molecule has 6 heteroatoms. The average molecular weight is 346 g/mol. The lowest BCUT2D eigenvalue weighted by molar-refractivity contribution is -0.140. The zero-order chi connectivity index (χ0) is 18.4. The first-order valence-electron chi connectivity index (χ1n) is 8.54. The number of hydrogen-bond donors (Lipinski definition) is 0. The van der Waals surface area contributed by atoms with Gasteiger partial charge < -0.3 is 18.9 Å². The maximum atomic E-state index is 12.1. The molecule has 0 spiro atoms. The summed E-state index contributed by atoms with van der Waals surface area (Å²) in [6.07, 6.45) is 4.57. The first-order valence-corrected chi connectivity index (χ1v) is 8.54. The molecule has 2 rings (SSSR count). The second-order valence-corrected chi connectivity index (χ2v) is 6.16. The summed E-state index contributed by atoms with van der Waals surface area (Å²) in [6, 6.07) is 5.56. The zero-order valence-corrected chi connectivity index (χ0v) is 15.4. The largest absolute Gasteiger partial charge is 0.469 e. The molecule has 1 aromatic carbocycles. The summed E-state index contributed by atoms with van der Waals surface area (Å²) in [5.41, 5.74) is 2.03. The summed E-state index contributed by atoms with van der Waals surface area (Å²) in [5, 5.41) is 1.05. The van der Waals surface area contributed by atoms with Crippen LogP contribution in [0.4, 0.5) is 4.79 Å². The Kier molecular flexibility index (Phi) is 6.44. The normalized spacial score (nSPS) is 10.7. The van der Waals surface area contributed by atoms with Crippen LogP contribution in [0, 0.1) is 0 Å². The quantitative estimate of drug-likeness (QED) is 0.720. The van der Waals surface area contributed by atoms with E-state index < -0.39 is 0 Å². The first kappa shape index (κ1) is 18.8. The van der Waals surface area contributed by atoms with Crippen LogP contribution >= 0.6 is 0 Å². The molecule has 1 aromatic heterocycles. The van der Waals surface area contributed by atoms with E-state index in [1.807, 2.05) is 29.9 Å². The molecular weight excluding hydrogens is 320 g/mol. The molecule has 1 heterocycles. The predicted molar refractivity (Wildman–Crippen MR) is 96.8 cm³/mol. The van der Waals surface area contributed by atoms with Crippen LogP contribution in [-0.2, 0) is 23.0 Å². The number of methoxy groups -OCH3 is 1. The van der Waals surface area contributed by atoms with Gasteiger partial charge >= 0.3 is 12.1 Å². The van der Waals surface area contributed by atoms with Crippen molar-refractivity contribution < 1.29 is 19.1 Å². The highest BCUT2D eigenvalue weighted by Gasteiger charge is 2.13. The maximum Gasteiger partial charge on any atom is 0.414 e. The topological polar surface area (TPSA) is 60.8 Å². The van der Waals surface area contributed by atoms with E-state index in [4.69, 9.17) is 9.47 Å². The lowest BCUT2D eigenvalue weighted by Crippen LogP contribution is -2.30. The van der Waals surface area contributed by atoms with Gasteiger partial charge in [0.05, 0.1) is 12.6 Å². The highest BCUT2D eigenvalue weighted by atomic mass is 16.6. The van der Waals surface area contributed by atoms with Crippen molar-refractivity contribution in [2.75, 3.05) is 20.7 Å². The third-order valence-electron chi connectivity index (χ3n) is 4.23. The molecule has 0 aliphatic carbocycles. The van der Waals surface area contributed by atoms with Crippen molar-refractivity contribution in [2.24, 2.45) is 7.05 Å². The van der Waals surface area contributed by atoms with Crippen LogP contribution in [-0.4, -0.2) is 42.2 Å². The van der Waals surface area contributed by atoms with Gasteiger partial charge in [-0.1, -0.05) is 13.3 Å². The number of carbonyl (C=O) groups excluding carboxylic acids is 2. The molecule has 6 nitrogen and oxygen atoms in total. The van der Waals surface area contributed by atoms with Gasteiger partial charge in [0.2, 0.25) is 0 Å². The molecule has 0 fully saturated rings. The minimum Gasteiger partial charge on any atom is -0.469 e. The molecule has 0 atom stereocenters. The standard InChI is InChI=1S/C19H26N2O4/c1-5-6-11-20(2)19(23)25-15-8-9-16-14(7-10-18(22)24-4)13-21(3)17(16)12-15/h8-9,12-13H,5-7,10-11H2,1-4H3. The Morgan fingerprint density at radius 3 is 2.72 bits per heavy atom. The lowest BCUT2D eigenvalue weighted by atomic mass is 10.1. The highest BCUT2D eigenvalue weighted by molar-refractivity contribution is 5.86. The summed E-state index contributed by atoms with van der Waals surface area (Å²) in [6.45, 7) is 2.76. The highest BCUT2D eigenvalue weighted by Crippen LogP contribution is 2.26. The second kappa shape index (κ2) is 8.55. The van der Waals surface area contributed by atoms with Gasteiger partial charge in [0, 0.05) is 44.7 Å². The molecule has 0 unspecified atom stereocenters. The minimum atomic E-state index is -0.354. The molecule has 0 saturated heterocycles. The molecule has 0 aliphatic rings. The number of benzene rings is 1. The summed E-state index contributed by atoms with van der Waals surface area (Å²) >= 11 is 0. The number of aromatic nitrogens is 1. The molecule has 0 N–H and O–H groups in total. The molecule has 2 aromatic rings. The fraction of sp³-hybridized carbons (Fsp3) is 0.474. The number of nitrogens with zero attached hydrogens (tertiary/aromatic N) is 2. The van der Waals surface area contributed by atoms with E-state index in [0.717, 1.165) is 29.3 Å². The summed E-state index contributed by atoms with van der Waals surface area (Å²) in [7, 11) is 5.07. The van der Waals surface area contributed by atoms with Gasteiger partial charge in [-0.3, -0.25) is 4.79 Å². The van der Waals surface area contributed by atoms with Crippen LogP contribution in [0.15, 0.2) is 24.4 Å². The SMILES string of the molecule is CCCCN(C)C(=O)Oc1ccc2c(CCC(=O)OC)cn(C)c2c1. The Morgan fingerprint density at radius 2 is 2.04 bits per heavy atom. The maximum absolute atomic E-state index is 12.1. The Balaban J connectivity index is 2.13. The van der Waals surface area contributed by atoms with E-state index in [1.54, 1.807) is 18.0 Å². The molecular formula is C19H26N2O4. The summed E-state index contributed by atoms with van der Waals surface area (Å²) < 4.78 is 12.1. The van der Waals surface area contributed by atoms with Crippen molar-refractivity contribution in [2.45, 2.75) is 32.6 Å². The number of ether oxygens (including phenoxy) is 2. The fourth-order valence-electron chi connectivity index (χ4n) is 2.71. The van der Waals surface area contributed by atoms with Crippen LogP contribution < -0.4 is 4.74 Å². The van der Waals surface area contributed by atoms with Crippen LogP contribution in [0.2, 0.25) is 0 Å². The number of carbonyl (C=O) groups is 2. The smallest absolute Gasteiger partial charge is 0.414 e. The van der Waals surface area contributed by atoms with Crippen molar-refractivity contribution in [1.29, 1.82) is 0 Å². The number of fused-ring (bicyclic) bond motifs is 1. The van der Waals surface area contributed by atoms with E-state index in [-0.39, 0.29) is 12.1 Å². The predicted octanol–water partition coefficient (Wildman–Crippen LogP) is 3.51. The van der Waals surface area contributed by atoms with Crippen molar-refractivity contribution in [1.82, 2.24) is 9.47 Å². The minimum absolute atomic E-state index is 0.224. The molecule has 0 saturated carbocycles. The Labute approximate surface area is 148 Å². The van der Waals surface area contributed by atoms with E-state index in [2.05, 4.69) is 6.92 Å². The molecule has 0 aliphatic heterocycles.